The highest BCUT2D eigenvalue weighted by Crippen LogP contribution is 2.21. The molecular formula is C11H17N5O. The monoisotopic (exact) mass is 235 g/mol. The third kappa shape index (κ3) is 2.25. The van der Waals surface area contributed by atoms with Crippen LogP contribution in [0.3, 0.4) is 0 Å². The van der Waals surface area contributed by atoms with Crippen LogP contribution in [-0.2, 0) is 20.6 Å². The van der Waals surface area contributed by atoms with Crippen LogP contribution < -0.4 is 10.1 Å². The Morgan fingerprint density at radius 1 is 1.35 bits per heavy atom. The van der Waals surface area contributed by atoms with E-state index in [-0.39, 0.29) is 0 Å². The Bertz CT molecular complexity index is 514. The lowest BCUT2D eigenvalue weighted by Gasteiger charge is -2.05. The molecule has 0 amide bonds. The summed E-state index contributed by atoms with van der Waals surface area (Å²) in [5.74, 6) is 1.63. The summed E-state index contributed by atoms with van der Waals surface area (Å²) in [6, 6.07) is 1.93. The summed E-state index contributed by atoms with van der Waals surface area (Å²) in [7, 11) is 5.41. The fraction of sp³-hybridized carbons (Fsp3) is 0.455. The Balaban J connectivity index is 2.13. The number of ether oxygens (including phenoxy) is 1. The molecule has 0 aliphatic rings. The summed E-state index contributed by atoms with van der Waals surface area (Å²) in [6.45, 7) is 2.62. The Kier molecular flexibility index (Phi) is 3.03. The molecule has 1 N–H and O–H groups in total. The molecule has 92 valence electrons. The lowest BCUT2D eigenvalue weighted by Crippen LogP contribution is -2.03. The molecule has 17 heavy (non-hydrogen) atoms. The first-order chi connectivity index (χ1) is 8.11. The van der Waals surface area contributed by atoms with Gasteiger partial charge in [-0.3, -0.25) is 4.68 Å². The number of rotatable bonds is 4. The van der Waals surface area contributed by atoms with Crippen molar-refractivity contribution < 1.29 is 4.74 Å². The molecule has 0 aromatic carbocycles. The number of nitrogens with zero attached hydrogens (tertiary/aromatic N) is 4. The fourth-order valence-electron chi connectivity index (χ4n) is 1.83. The van der Waals surface area contributed by atoms with Crippen molar-refractivity contribution in [2.24, 2.45) is 14.1 Å². The topological polar surface area (TPSA) is 56.9 Å². The highest BCUT2D eigenvalue weighted by Gasteiger charge is 2.13. The van der Waals surface area contributed by atoms with E-state index >= 15 is 0 Å². The van der Waals surface area contributed by atoms with Crippen LogP contribution in [0.15, 0.2) is 12.3 Å². The van der Waals surface area contributed by atoms with Gasteiger partial charge in [-0.25, -0.2) is 4.68 Å². The lowest BCUT2D eigenvalue weighted by atomic mass is 10.2. The van der Waals surface area contributed by atoms with E-state index < -0.39 is 0 Å². The summed E-state index contributed by atoms with van der Waals surface area (Å²) in [6.07, 6.45) is 1.90. The van der Waals surface area contributed by atoms with Crippen LogP contribution in [0.2, 0.25) is 0 Å². The molecule has 2 aromatic rings. The zero-order valence-electron chi connectivity index (χ0n) is 10.6. The van der Waals surface area contributed by atoms with Crippen LogP contribution in [0.4, 0.5) is 5.82 Å². The third-order valence-corrected chi connectivity index (χ3v) is 2.64. The van der Waals surface area contributed by atoms with Crippen LogP contribution in [-0.4, -0.2) is 26.7 Å². The predicted octanol–water partition coefficient (Wildman–Crippen LogP) is 1.08. The highest BCUT2D eigenvalue weighted by atomic mass is 16.5. The number of nitrogens with one attached hydrogen (secondary N) is 1. The average molecular weight is 235 g/mol. The van der Waals surface area contributed by atoms with Crippen LogP contribution in [0.5, 0.6) is 5.88 Å². The lowest BCUT2D eigenvalue weighted by molar-refractivity contribution is 0.369. The van der Waals surface area contributed by atoms with Gasteiger partial charge in [0.2, 0.25) is 5.88 Å². The normalized spacial score (nSPS) is 10.6. The zero-order valence-corrected chi connectivity index (χ0v) is 10.6. The summed E-state index contributed by atoms with van der Waals surface area (Å²) >= 11 is 0. The number of hydrogen-bond donors (Lipinski definition) is 1. The van der Waals surface area contributed by atoms with Gasteiger partial charge in [0.05, 0.1) is 18.4 Å². The van der Waals surface area contributed by atoms with Gasteiger partial charge in [-0.05, 0) is 6.92 Å². The Morgan fingerprint density at radius 2 is 2.12 bits per heavy atom. The van der Waals surface area contributed by atoms with Crippen LogP contribution >= 0.6 is 0 Å². The van der Waals surface area contributed by atoms with E-state index in [1.807, 2.05) is 33.3 Å². The van der Waals surface area contributed by atoms with Crippen molar-refractivity contribution in [3.05, 3.63) is 23.5 Å². The molecule has 0 spiro atoms. The molecule has 0 fully saturated rings. The van der Waals surface area contributed by atoms with Crippen LogP contribution in [0.1, 0.15) is 11.3 Å². The molecule has 0 aliphatic heterocycles. The van der Waals surface area contributed by atoms with Gasteiger partial charge in [0, 0.05) is 32.9 Å². The molecule has 0 radical (unpaired) electrons. The van der Waals surface area contributed by atoms with Gasteiger partial charge in [-0.2, -0.15) is 10.2 Å². The first-order valence-electron chi connectivity index (χ1n) is 5.41. The van der Waals surface area contributed by atoms with Crippen molar-refractivity contribution in [2.45, 2.75) is 13.5 Å². The van der Waals surface area contributed by atoms with Gasteiger partial charge >= 0.3 is 0 Å². The predicted molar refractivity (Wildman–Crippen MR) is 65.0 cm³/mol. The quantitative estimate of drug-likeness (QED) is 0.861. The fourth-order valence-corrected chi connectivity index (χ4v) is 1.83. The minimum atomic E-state index is 0.653. The maximum absolute atomic E-state index is 5.33. The SMILES string of the molecule is COc1c(CNc2ccn(C)n2)c(C)nn1C. The maximum Gasteiger partial charge on any atom is 0.216 e. The summed E-state index contributed by atoms with van der Waals surface area (Å²) in [5.41, 5.74) is 2.02. The third-order valence-electron chi connectivity index (χ3n) is 2.64. The van der Waals surface area contributed by atoms with Crippen molar-refractivity contribution in [3.63, 3.8) is 0 Å². The number of methoxy groups -OCH3 is 1. The van der Waals surface area contributed by atoms with Crippen molar-refractivity contribution in [3.8, 4) is 5.88 Å². The maximum atomic E-state index is 5.33. The second-order valence-corrected chi connectivity index (χ2v) is 3.93. The number of hydrogen-bond acceptors (Lipinski definition) is 4. The number of aromatic nitrogens is 4. The molecule has 0 aliphatic carbocycles. The van der Waals surface area contributed by atoms with Gasteiger partial charge < -0.3 is 10.1 Å². The molecule has 0 bridgehead atoms. The minimum absolute atomic E-state index is 0.653. The molecule has 2 aromatic heterocycles. The van der Waals surface area contributed by atoms with Gasteiger partial charge in [0.25, 0.3) is 0 Å². The number of aryl methyl sites for hydroxylation is 3. The molecule has 0 atom stereocenters. The largest absolute Gasteiger partial charge is 0.481 e. The van der Waals surface area contributed by atoms with E-state index in [0.29, 0.717) is 6.54 Å². The Labute approximate surface area is 100 Å². The molecule has 6 heteroatoms. The molecule has 2 rings (SSSR count). The smallest absolute Gasteiger partial charge is 0.216 e. The zero-order chi connectivity index (χ0) is 12.4. The van der Waals surface area contributed by atoms with Gasteiger partial charge in [-0.1, -0.05) is 0 Å². The Hall–Kier alpha value is -1.98. The Morgan fingerprint density at radius 3 is 2.71 bits per heavy atom. The molecule has 0 saturated carbocycles. The van der Waals surface area contributed by atoms with Crippen molar-refractivity contribution in [2.75, 3.05) is 12.4 Å². The van der Waals surface area contributed by atoms with Crippen molar-refractivity contribution >= 4 is 5.82 Å². The van der Waals surface area contributed by atoms with Gasteiger partial charge in [0.15, 0.2) is 0 Å². The highest BCUT2D eigenvalue weighted by molar-refractivity contribution is 5.38. The molecule has 0 saturated heterocycles. The number of anilines is 1. The average Bonchev–Trinajstić information content (AvgIpc) is 2.80. The van der Waals surface area contributed by atoms with E-state index in [9.17, 15) is 0 Å². The molecule has 0 unspecified atom stereocenters. The first kappa shape index (κ1) is 11.5. The van der Waals surface area contributed by atoms with Gasteiger partial charge in [0.1, 0.15) is 5.82 Å². The van der Waals surface area contributed by atoms with E-state index in [2.05, 4.69) is 15.5 Å². The second kappa shape index (κ2) is 4.48. The van der Waals surface area contributed by atoms with E-state index in [4.69, 9.17) is 4.74 Å². The van der Waals surface area contributed by atoms with E-state index in [0.717, 1.165) is 23.0 Å². The standard InChI is InChI=1S/C11H17N5O/c1-8-9(11(17-4)16(3)13-8)7-12-10-5-6-15(2)14-10/h5-6H,7H2,1-4H3,(H,12,14). The molecule has 2 heterocycles. The van der Waals surface area contributed by atoms with Crippen LogP contribution in [0.25, 0.3) is 0 Å². The van der Waals surface area contributed by atoms with Crippen molar-refractivity contribution in [1.29, 1.82) is 0 Å². The second-order valence-electron chi connectivity index (χ2n) is 3.93. The van der Waals surface area contributed by atoms with Gasteiger partial charge in [-0.15, -0.1) is 0 Å². The minimum Gasteiger partial charge on any atom is -0.481 e. The first-order valence-corrected chi connectivity index (χ1v) is 5.41. The van der Waals surface area contributed by atoms with Crippen LogP contribution in [0, 0.1) is 6.92 Å². The van der Waals surface area contributed by atoms with Crippen molar-refractivity contribution in [1.82, 2.24) is 19.6 Å². The summed E-state index contributed by atoms with van der Waals surface area (Å²) < 4.78 is 8.83. The summed E-state index contributed by atoms with van der Waals surface area (Å²) in [5, 5.41) is 11.8. The molecular weight excluding hydrogens is 218 g/mol. The van der Waals surface area contributed by atoms with E-state index in [1.54, 1.807) is 16.5 Å². The molecule has 6 nitrogen and oxygen atoms in total. The summed E-state index contributed by atoms with van der Waals surface area (Å²) in [4.78, 5) is 0. The van der Waals surface area contributed by atoms with E-state index in [1.165, 1.54) is 0 Å².